The minimum Gasteiger partial charge on any atom is -0.399 e. The molecule has 3 N–H and O–H groups in total. The molecule has 0 saturated carbocycles. The van der Waals surface area contributed by atoms with Crippen molar-refractivity contribution in [1.82, 2.24) is 0 Å². The largest absolute Gasteiger partial charge is 0.399 e. The molecule has 0 atom stereocenters. The molecule has 19 heavy (non-hydrogen) atoms. The summed E-state index contributed by atoms with van der Waals surface area (Å²) in [5.74, 6) is -0.158. The van der Waals surface area contributed by atoms with E-state index in [-0.39, 0.29) is 12.3 Å². The van der Waals surface area contributed by atoms with E-state index in [0.717, 1.165) is 5.56 Å². The number of nitrogens with two attached hydrogens (primary N) is 1. The van der Waals surface area contributed by atoms with Gasteiger partial charge in [0.2, 0.25) is 5.91 Å². The van der Waals surface area contributed by atoms with Gasteiger partial charge in [-0.05, 0) is 35.9 Å². The van der Waals surface area contributed by atoms with Crippen LogP contribution >= 0.6 is 23.2 Å². The van der Waals surface area contributed by atoms with Crippen LogP contribution in [0.2, 0.25) is 10.0 Å². The Morgan fingerprint density at radius 1 is 1.16 bits per heavy atom. The van der Waals surface area contributed by atoms with Gasteiger partial charge >= 0.3 is 0 Å². The predicted octanol–water partition coefficient (Wildman–Crippen LogP) is 3.76. The van der Waals surface area contributed by atoms with Gasteiger partial charge in [-0.1, -0.05) is 35.3 Å². The van der Waals surface area contributed by atoms with Gasteiger partial charge < -0.3 is 11.1 Å². The van der Waals surface area contributed by atoms with Gasteiger partial charge in [0, 0.05) is 10.7 Å². The molecule has 0 fully saturated rings. The van der Waals surface area contributed by atoms with E-state index in [1.54, 1.807) is 36.4 Å². The van der Waals surface area contributed by atoms with Gasteiger partial charge in [0.05, 0.1) is 17.1 Å². The number of nitrogen functional groups attached to an aromatic ring is 1. The number of hydrogen-bond acceptors (Lipinski definition) is 2. The number of nitrogens with one attached hydrogen (secondary N) is 1. The van der Waals surface area contributed by atoms with E-state index < -0.39 is 0 Å². The van der Waals surface area contributed by atoms with Crippen LogP contribution in [0.25, 0.3) is 0 Å². The predicted molar refractivity (Wildman–Crippen MR) is 79.7 cm³/mol. The third kappa shape index (κ3) is 3.88. The van der Waals surface area contributed by atoms with Crippen molar-refractivity contribution in [2.75, 3.05) is 11.1 Å². The maximum Gasteiger partial charge on any atom is 0.228 e. The van der Waals surface area contributed by atoms with Crippen molar-refractivity contribution in [3.63, 3.8) is 0 Å². The average molecular weight is 295 g/mol. The maximum atomic E-state index is 11.9. The summed E-state index contributed by atoms with van der Waals surface area (Å²) in [5, 5.41) is 3.76. The van der Waals surface area contributed by atoms with E-state index in [4.69, 9.17) is 28.9 Å². The first-order valence-electron chi connectivity index (χ1n) is 5.64. The van der Waals surface area contributed by atoms with Gasteiger partial charge in [0.15, 0.2) is 0 Å². The van der Waals surface area contributed by atoms with E-state index in [9.17, 15) is 4.79 Å². The Bertz CT molecular complexity index is 614. The average Bonchev–Trinajstić information content (AvgIpc) is 2.33. The molecule has 0 unspecified atom stereocenters. The minimum absolute atomic E-state index is 0.158. The van der Waals surface area contributed by atoms with Crippen molar-refractivity contribution in [3.8, 4) is 0 Å². The van der Waals surface area contributed by atoms with E-state index in [1.165, 1.54) is 0 Å². The number of amides is 1. The summed E-state index contributed by atoms with van der Waals surface area (Å²) in [5.41, 5.74) is 7.53. The van der Waals surface area contributed by atoms with E-state index in [2.05, 4.69) is 5.32 Å². The smallest absolute Gasteiger partial charge is 0.228 e. The fraction of sp³-hybridized carbons (Fsp3) is 0.0714. The van der Waals surface area contributed by atoms with Crippen molar-refractivity contribution >= 4 is 40.5 Å². The van der Waals surface area contributed by atoms with Gasteiger partial charge in [-0.15, -0.1) is 0 Å². The fourth-order valence-corrected chi connectivity index (χ4v) is 2.11. The highest BCUT2D eigenvalue weighted by Crippen LogP contribution is 2.24. The molecule has 0 bridgehead atoms. The maximum absolute atomic E-state index is 11.9. The summed E-state index contributed by atoms with van der Waals surface area (Å²) in [6.45, 7) is 0. The molecule has 3 nitrogen and oxygen atoms in total. The lowest BCUT2D eigenvalue weighted by molar-refractivity contribution is -0.115. The molecule has 0 saturated heterocycles. The Hall–Kier alpha value is -1.71. The van der Waals surface area contributed by atoms with Gasteiger partial charge in [0.25, 0.3) is 0 Å². The van der Waals surface area contributed by atoms with Crippen molar-refractivity contribution in [2.24, 2.45) is 0 Å². The molecular formula is C14H12Cl2N2O. The van der Waals surface area contributed by atoms with Gasteiger partial charge in [-0.25, -0.2) is 0 Å². The Morgan fingerprint density at radius 2 is 1.95 bits per heavy atom. The Labute approximate surface area is 121 Å². The summed E-state index contributed by atoms with van der Waals surface area (Å²) in [4.78, 5) is 11.9. The zero-order chi connectivity index (χ0) is 13.8. The molecule has 2 aromatic rings. The Morgan fingerprint density at radius 3 is 2.63 bits per heavy atom. The van der Waals surface area contributed by atoms with Crippen molar-refractivity contribution in [1.29, 1.82) is 0 Å². The van der Waals surface area contributed by atoms with Crippen LogP contribution in [0.3, 0.4) is 0 Å². The highest BCUT2D eigenvalue weighted by atomic mass is 35.5. The lowest BCUT2D eigenvalue weighted by atomic mass is 10.1. The number of hydrogen-bond donors (Lipinski definition) is 2. The minimum atomic E-state index is -0.158. The molecule has 0 aromatic heterocycles. The number of rotatable bonds is 3. The second kappa shape index (κ2) is 5.95. The highest BCUT2D eigenvalue weighted by molar-refractivity contribution is 6.34. The molecule has 0 aliphatic rings. The second-order valence-electron chi connectivity index (χ2n) is 4.09. The summed E-state index contributed by atoms with van der Waals surface area (Å²) in [7, 11) is 0. The fourth-order valence-electron chi connectivity index (χ4n) is 1.66. The molecule has 0 spiro atoms. The van der Waals surface area contributed by atoms with Gasteiger partial charge in [0.1, 0.15) is 0 Å². The molecule has 0 heterocycles. The zero-order valence-electron chi connectivity index (χ0n) is 9.99. The first-order valence-corrected chi connectivity index (χ1v) is 6.39. The topological polar surface area (TPSA) is 55.1 Å². The van der Waals surface area contributed by atoms with E-state index in [1.807, 2.05) is 6.07 Å². The van der Waals surface area contributed by atoms with Crippen LogP contribution in [-0.4, -0.2) is 5.91 Å². The third-order valence-corrected chi connectivity index (χ3v) is 3.07. The van der Waals surface area contributed by atoms with Crippen LogP contribution in [0, 0.1) is 0 Å². The van der Waals surface area contributed by atoms with Crippen LogP contribution in [0.15, 0.2) is 42.5 Å². The Balaban J connectivity index is 2.05. The molecule has 98 valence electrons. The number of anilines is 2. The number of benzene rings is 2. The summed E-state index contributed by atoms with van der Waals surface area (Å²) in [6, 6.07) is 12.1. The Kier molecular flexibility index (Phi) is 4.30. The van der Waals surface area contributed by atoms with Crippen molar-refractivity contribution in [3.05, 3.63) is 58.1 Å². The first-order chi connectivity index (χ1) is 9.04. The molecule has 2 aromatic carbocycles. The number of carbonyl (C=O) groups is 1. The van der Waals surface area contributed by atoms with E-state index >= 15 is 0 Å². The molecule has 2 rings (SSSR count). The van der Waals surface area contributed by atoms with E-state index in [0.29, 0.717) is 21.4 Å². The van der Waals surface area contributed by atoms with Crippen molar-refractivity contribution in [2.45, 2.75) is 6.42 Å². The second-order valence-corrected chi connectivity index (χ2v) is 4.94. The first kappa shape index (κ1) is 13.7. The third-order valence-electron chi connectivity index (χ3n) is 2.52. The monoisotopic (exact) mass is 294 g/mol. The zero-order valence-corrected chi connectivity index (χ0v) is 11.5. The van der Waals surface area contributed by atoms with Gasteiger partial charge in [-0.3, -0.25) is 4.79 Å². The quantitative estimate of drug-likeness (QED) is 0.847. The summed E-state index contributed by atoms with van der Waals surface area (Å²) >= 11 is 11.9. The number of halogens is 2. The van der Waals surface area contributed by atoms with Crippen LogP contribution in [0.4, 0.5) is 11.4 Å². The van der Waals surface area contributed by atoms with Crippen LogP contribution < -0.4 is 11.1 Å². The van der Waals surface area contributed by atoms with Crippen LogP contribution in [-0.2, 0) is 11.2 Å². The molecule has 0 radical (unpaired) electrons. The SMILES string of the molecule is Nc1ccc(NC(=O)Cc2cccc(Cl)c2)c(Cl)c1. The standard InChI is InChI=1S/C14H12Cl2N2O/c15-10-3-1-2-9(6-10)7-14(19)18-13-5-4-11(17)8-12(13)16/h1-6,8H,7,17H2,(H,18,19). The molecule has 1 amide bonds. The molecule has 0 aliphatic heterocycles. The summed E-state index contributed by atoms with van der Waals surface area (Å²) < 4.78 is 0. The highest BCUT2D eigenvalue weighted by Gasteiger charge is 2.07. The van der Waals surface area contributed by atoms with Gasteiger partial charge in [-0.2, -0.15) is 0 Å². The molecule has 0 aliphatic carbocycles. The van der Waals surface area contributed by atoms with Crippen LogP contribution in [0.5, 0.6) is 0 Å². The summed E-state index contributed by atoms with van der Waals surface area (Å²) in [6.07, 6.45) is 0.237. The molecule has 5 heteroatoms. The lowest BCUT2D eigenvalue weighted by Gasteiger charge is -2.08. The van der Waals surface area contributed by atoms with Crippen molar-refractivity contribution < 1.29 is 4.79 Å². The van der Waals surface area contributed by atoms with Crippen LogP contribution in [0.1, 0.15) is 5.56 Å². The normalized spacial score (nSPS) is 10.2. The molecular weight excluding hydrogens is 283 g/mol. The number of carbonyl (C=O) groups excluding carboxylic acids is 1. The lowest BCUT2D eigenvalue weighted by Crippen LogP contribution is -2.14.